The number of nitrogen functional groups attached to an aromatic ring is 1. The molecule has 20 heavy (non-hydrogen) atoms. The number of pyridine rings is 1. The first-order valence-corrected chi connectivity index (χ1v) is 6.12. The molecule has 2 aromatic heterocycles. The molecule has 7 heteroatoms. The molecule has 0 aromatic carbocycles. The van der Waals surface area contributed by atoms with Crippen molar-refractivity contribution < 1.29 is 14.3 Å². The number of aromatic nitrogens is 3. The number of nitrogens with zero attached hydrogens (tertiary/aromatic N) is 3. The summed E-state index contributed by atoms with van der Waals surface area (Å²) in [6.45, 7) is 2.48. The zero-order chi connectivity index (χ0) is 14.5. The summed E-state index contributed by atoms with van der Waals surface area (Å²) >= 11 is 0. The van der Waals surface area contributed by atoms with E-state index in [9.17, 15) is 4.79 Å². The Morgan fingerprint density at radius 2 is 2.25 bits per heavy atom. The third-order valence-electron chi connectivity index (χ3n) is 2.71. The van der Waals surface area contributed by atoms with Gasteiger partial charge in [0, 0.05) is 12.3 Å². The van der Waals surface area contributed by atoms with Crippen molar-refractivity contribution in [3.63, 3.8) is 0 Å². The summed E-state index contributed by atoms with van der Waals surface area (Å²) in [5.41, 5.74) is 6.98. The molecule has 0 bridgehead atoms. The monoisotopic (exact) mass is 276 g/mol. The van der Waals surface area contributed by atoms with Gasteiger partial charge < -0.3 is 19.8 Å². The van der Waals surface area contributed by atoms with Crippen LogP contribution in [0.15, 0.2) is 24.7 Å². The van der Waals surface area contributed by atoms with Crippen LogP contribution in [0, 0.1) is 0 Å². The molecule has 0 aliphatic rings. The first-order valence-electron chi connectivity index (χ1n) is 6.12. The fraction of sp³-hybridized carbons (Fsp3) is 0.308. The van der Waals surface area contributed by atoms with E-state index < -0.39 is 5.97 Å². The quantitative estimate of drug-likeness (QED) is 0.822. The number of anilines is 1. The van der Waals surface area contributed by atoms with E-state index in [-0.39, 0.29) is 18.1 Å². The summed E-state index contributed by atoms with van der Waals surface area (Å²) in [4.78, 5) is 19.6. The number of rotatable bonds is 5. The molecular formula is C13H16N4O3. The average molecular weight is 276 g/mol. The minimum atomic E-state index is -0.518. The summed E-state index contributed by atoms with van der Waals surface area (Å²) in [7, 11) is 1.55. The number of hydrogen-bond donors (Lipinski definition) is 1. The fourth-order valence-corrected chi connectivity index (χ4v) is 1.73. The Bertz CT molecular complexity index is 609. The Morgan fingerprint density at radius 1 is 1.45 bits per heavy atom. The number of ether oxygens (including phenoxy) is 2. The summed E-state index contributed by atoms with van der Waals surface area (Å²) in [6.07, 6.45) is 3.15. The molecular weight excluding hydrogens is 260 g/mol. The topological polar surface area (TPSA) is 92.3 Å². The zero-order valence-corrected chi connectivity index (χ0v) is 11.4. The number of hydrogen-bond acceptors (Lipinski definition) is 6. The van der Waals surface area contributed by atoms with Crippen LogP contribution in [0.1, 0.15) is 23.0 Å². The molecule has 0 unspecified atom stereocenters. The SMILES string of the molecule is CCOC(=O)c1ncn(Cc2ccnc(OC)c2)c1N. The first-order chi connectivity index (χ1) is 9.65. The lowest BCUT2D eigenvalue weighted by molar-refractivity contribution is 0.0521. The second kappa shape index (κ2) is 6.05. The smallest absolute Gasteiger partial charge is 0.360 e. The van der Waals surface area contributed by atoms with Crippen LogP contribution in [-0.2, 0) is 11.3 Å². The van der Waals surface area contributed by atoms with Gasteiger partial charge in [-0.2, -0.15) is 0 Å². The van der Waals surface area contributed by atoms with Crippen molar-refractivity contribution >= 4 is 11.8 Å². The molecule has 0 radical (unpaired) electrons. The van der Waals surface area contributed by atoms with Gasteiger partial charge in [0.15, 0.2) is 5.69 Å². The molecule has 2 heterocycles. The molecule has 0 aliphatic heterocycles. The van der Waals surface area contributed by atoms with E-state index in [4.69, 9.17) is 15.2 Å². The van der Waals surface area contributed by atoms with Gasteiger partial charge in [-0.15, -0.1) is 0 Å². The highest BCUT2D eigenvalue weighted by atomic mass is 16.5. The van der Waals surface area contributed by atoms with Gasteiger partial charge in [0.05, 0.1) is 26.6 Å². The predicted octanol–water partition coefficient (Wildman–Crippen LogP) is 1.09. The maximum atomic E-state index is 11.6. The first kappa shape index (κ1) is 13.9. The molecule has 0 saturated carbocycles. The van der Waals surface area contributed by atoms with Gasteiger partial charge in [-0.25, -0.2) is 14.8 Å². The summed E-state index contributed by atoms with van der Waals surface area (Å²) < 4.78 is 11.6. The van der Waals surface area contributed by atoms with E-state index in [1.54, 1.807) is 30.9 Å². The minimum absolute atomic E-state index is 0.132. The number of carbonyl (C=O) groups is 1. The highest BCUT2D eigenvalue weighted by Crippen LogP contribution is 2.15. The van der Waals surface area contributed by atoms with E-state index in [2.05, 4.69) is 9.97 Å². The second-order valence-corrected chi connectivity index (χ2v) is 4.03. The molecule has 2 N–H and O–H groups in total. The highest BCUT2D eigenvalue weighted by Gasteiger charge is 2.16. The second-order valence-electron chi connectivity index (χ2n) is 4.03. The van der Waals surface area contributed by atoms with Gasteiger partial charge >= 0.3 is 5.97 Å². The molecule has 0 saturated heterocycles. The fourth-order valence-electron chi connectivity index (χ4n) is 1.73. The third-order valence-corrected chi connectivity index (χ3v) is 2.71. The zero-order valence-electron chi connectivity index (χ0n) is 11.4. The number of imidazole rings is 1. The number of methoxy groups -OCH3 is 1. The van der Waals surface area contributed by atoms with Crippen LogP contribution in [-0.4, -0.2) is 34.2 Å². The van der Waals surface area contributed by atoms with Crippen molar-refractivity contribution in [3.05, 3.63) is 35.9 Å². The van der Waals surface area contributed by atoms with Crippen molar-refractivity contribution in [3.8, 4) is 5.88 Å². The molecule has 7 nitrogen and oxygen atoms in total. The Hall–Kier alpha value is -2.57. The third kappa shape index (κ3) is 2.87. The van der Waals surface area contributed by atoms with Gasteiger partial charge in [-0.1, -0.05) is 0 Å². The average Bonchev–Trinajstić information content (AvgIpc) is 2.81. The molecule has 0 atom stereocenters. The van der Waals surface area contributed by atoms with Crippen molar-refractivity contribution in [2.24, 2.45) is 0 Å². The molecule has 0 aliphatic carbocycles. The van der Waals surface area contributed by atoms with E-state index >= 15 is 0 Å². The lowest BCUT2D eigenvalue weighted by atomic mass is 10.2. The summed E-state index contributed by atoms with van der Waals surface area (Å²) in [5.74, 6) is 0.280. The largest absolute Gasteiger partial charge is 0.481 e. The van der Waals surface area contributed by atoms with Gasteiger partial charge in [0.1, 0.15) is 5.82 Å². The van der Waals surface area contributed by atoms with Crippen molar-refractivity contribution in [2.75, 3.05) is 19.5 Å². The van der Waals surface area contributed by atoms with Crippen LogP contribution in [0.3, 0.4) is 0 Å². The number of nitrogens with two attached hydrogens (primary N) is 1. The van der Waals surface area contributed by atoms with E-state index in [1.807, 2.05) is 6.07 Å². The van der Waals surface area contributed by atoms with Crippen LogP contribution in [0.2, 0.25) is 0 Å². The Morgan fingerprint density at radius 3 is 2.95 bits per heavy atom. The Labute approximate surface area is 116 Å². The van der Waals surface area contributed by atoms with Crippen LogP contribution < -0.4 is 10.5 Å². The van der Waals surface area contributed by atoms with E-state index in [0.29, 0.717) is 12.4 Å². The predicted molar refractivity (Wildman–Crippen MR) is 72.5 cm³/mol. The Kier molecular flexibility index (Phi) is 4.19. The highest BCUT2D eigenvalue weighted by molar-refractivity contribution is 5.92. The van der Waals surface area contributed by atoms with E-state index in [0.717, 1.165) is 5.56 Å². The van der Waals surface area contributed by atoms with Gasteiger partial charge in [0.25, 0.3) is 0 Å². The molecule has 0 spiro atoms. The lowest BCUT2D eigenvalue weighted by Crippen LogP contribution is -2.10. The molecule has 106 valence electrons. The maximum absolute atomic E-state index is 11.6. The standard InChI is InChI=1S/C13H16N4O3/c1-3-20-13(18)11-12(14)17(8-16-11)7-9-4-5-15-10(6-9)19-2/h4-6,8H,3,7,14H2,1-2H3. The minimum Gasteiger partial charge on any atom is -0.481 e. The lowest BCUT2D eigenvalue weighted by Gasteiger charge is -2.07. The van der Waals surface area contributed by atoms with E-state index in [1.165, 1.54) is 6.33 Å². The molecule has 2 rings (SSSR count). The molecule has 0 fully saturated rings. The van der Waals surface area contributed by atoms with Crippen LogP contribution >= 0.6 is 0 Å². The van der Waals surface area contributed by atoms with Gasteiger partial charge in [-0.05, 0) is 18.6 Å². The summed E-state index contributed by atoms with van der Waals surface area (Å²) in [5, 5.41) is 0. The number of esters is 1. The van der Waals surface area contributed by atoms with Crippen LogP contribution in [0.4, 0.5) is 5.82 Å². The summed E-state index contributed by atoms with van der Waals surface area (Å²) in [6, 6.07) is 3.63. The van der Waals surface area contributed by atoms with Gasteiger partial charge in [-0.3, -0.25) is 0 Å². The Balaban J connectivity index is 2.19. The van der Waals surface area contributed by atoms with Crippen LogP contribution in [0.5, 0.6) is 5.88 Å². The van der Waals surface area contributed by atoms with Crippen LogP contribution in [0.25, 0.3) is 0 Å². The van der Waals surface area contributed by atoms with Crippen molar-refractivity contribution in [2.45, 2.75) is 13.5 Å². The van der Waals surface area contributed by atoms with Gasteiger partial charge in [0.2, 0.25) is 5.88 Å². The number of carbonyl (C=O) groups excluding carboxylic acids is 1. The van der Waals surface area contributed by atoms with Crippen molar-refractivity contribution in [1.29, 1.82) is 0 Å². The molecule has 2 aromatic rings. The molecule has 0 amide bonds. The van der Waals surface area contributed by atoms with Crippen molar-refractivity contribution in [1.82, 2.24) is 14.5 Å². The maximum Gasteiger partial charge on any atom is 0.360 e. The normalized spacial score (nSPS) is 10.3.